The maximum Gasteiger partial charge on any atom is 0.135 e. The molecule has 0 saturated carbocycles. The predicted octanol–water partition coefficient (Wildman–Crippen LogP) is 2.52. The molecule has 1 fully saturated rings. The van der Waals surface area contributed by atoms with Gasteiger partial charge in [0.1, 0.15) is 11.6 Å². The fourth-order valence-corrected chi connectivity index (χ4v) is 2.67. The second kappa shape index (κ2) is 6.87. The van der Waals surface area contributed by atoms with Crippen molar-refractivity contribution in [3.63, 3.8) is 0 Å². The summed E-state index contributed by atoms with van der Waals surface area (Å²) in [6, 6.07) is 3.58. The van der Waals surface area contributed by atoms with Crippen LogP contribution in [0.15, 0.2) is 12.1 Å². The van der Waals surface area contributed by atoms with Crippen LogP contribution in [-0.2, 0) is 17.8 Å². The molecule has 0 unspecified atom stereocenters. The Kier molecular flexibility index (Phi) is 5.16. The molecule has 1 aromatic carbocycles. The van der Waals surface area contributed by atoms with Gasteiger partial charge in [-0.1, -0.05) is 6.07 Å². The predicted molar refractivity (Wildman–Crippen MR) is 73.0 cm³/mol. The fourth-order valence-electron chi connectivity index (χ4n) is 2.67. The lowest BCUT2D eigenvalue weighted by atomic mass is 9.89. The summed E-state index contributed by atoms with van der Waals surface area (Å²) in [5, 5.41) is 3.33. The van der Waals surface area contributed by atoms with Crippen LogP contribution >= 0.6 is 0 Å². The van der Waals surface area contributed by atoms with Gasteiger partial charge in [-0.25, -0.2) is 4.39 Å². The van der Waals surface area contributed by atoms with Crippen LogP contribution < -0.4 is 10.1 Å². The van der Waals surface area contributed by atoms with Crippen molar-refractivity contribution in [2.45, 2.75) is 25.9 Å². The maximum atomic E-state index is 14.5. The Morgan fingerprint density at radius 2 is 2.00 bits per heavy atom. The molecule has 0 radical (unpaired) electrons. The zero-order valence-corrected chi connectivity index (χ0v) is 11.7. The Balaban J connectivity index is 2.22. The van der Waals surface area contributed by atoms with Gasteiger partial charge in [0.25, 0.3) is 0 Å². The molecule has 4 heteroatoms. The molecule has 0 aliphatic carbocycles. The van der Waals surface area contributed by atoms with E-state index in [1.165, 1.54) is 0 Å². The van der Waals surface area contributed by atoms with E-state index in [0.717, 1.165) is 32.4 Å². The third-order valence-electron chi connectivity index (χ3n) is 3.75. The summed E-state index contributed by atoms with van der Waals surface area (Å²) in [6.45, 7) is 2.34. The largest absolute Gasteiger partial charge is 0.496 e. The standard InChI is InChI=1S/C15H22FNO2/c1-18-10-12-3-4-14(19-2)13(15(12)16)9-11-5-7-17-8-6-11/h3-4,11,17H,5-10H2,1-2H3. The van der Waals surface area contributed by atoms with Gasteiger partial charge in [-0.05, 0) is 44.3 Å². The molecule has 0 amide bonds. The highest BCUT2D eigenvalue weighted by Gasteiger charge is 2.20. The quantitative estimate of drug-likeness (QED) is 0.889. The first kappa shape index (κ1) is 14.3. The first-order valence-electron chi connectivity index (χ1n) is 6.80. The molecule has 19 heavy (non-hydrogen) atoms. The molecule has 1 heterocycles. The lowest BCUT2D eigenvalue weighted by molar-refractivity contribution is 0.181. The van der Waals surface area contributed by atoms with E-state index in [0.29, 0.717) is 29.4 Å². The second-order valence-corrected chi connectivity index (χ2v) is 5.05. The molecular weight excluding hydrogens is 245 g/mol. The minimum absolute atomic E-state index is 0.167. The van der Waals surface area contributed by atoms with Crippen LogP contribution in [0.4, 0.5) is 4.39 Å². The van der Waals surface area contributed by atoms with E-state index in [9.17, 15) is 4.39 Å². The maximum absolute atomic E-state index is 14.5. The van der Waals surface area contributed by atoms with Gasteiger partial charge in [-0.2, -0.15) is 0 Å². The highest BCUT2D eigenvalue weighted by Crippen LogP contribution is 2.29. The molecule has 0 atom stereocenters. The molecule has 1 aliphatic heterocycles. The van der Waals surface area contributed by atoms with Gasteiger partial charge in [-0.15, -0.1) is 0 Å². The van der Waals surface area contributed by atoms with Gasteiger partial charge >= 0.3 is 0 Å². The summed E-state index contributed by atoms with van der Waals surface area (Å²) in [6.07, 6.45) is 2.93. The van der Waals surface area contributed by atoms with E-state index in [1.807, 2.05) is 6.07 Å². The molecule has 0 aromatic heterocycles. The summed E-state index contributed by atoms with van der Waals surface area (Å²) < 4.78 is 24.8. The Morgan fingerprint density at radius 3 is 2.63 bits per heavy atom. The molecule has 1 N–H and O–H groups in total. The van der Waals surface area contributed by atoms with Crippen LogP contribution in [0.3, 0.4) is 0 Å². The van der Waals surface area contributed by atoms with Gasteiger partial charge < -0.3 is 14.8 Å². The highest BCUT2D eigenvalue weighted by atomic mass is 19.1. The summed E-state index contributed by atoms with van der Waals surface area (Å²) in [7, 11) is 3.17. The van der Waals surface area contributed by atoms with E-state index in [2.05, 4.69) is 5.32 Å². The first-order chi connectivity index (χ1) is 9.26. The number of benzene rings is 1. The Labute approximate surface area is 114 Å². The molecule has 1 saturated heterocycles. The molecule has 2 rings (SSSR count). The third-order valence-corrected chi connectivity index (χ3v) is 3.75. The van der Waals surface area contributed by atoms with Crippen molar-refractivity contribution in [3.05, 3.63) is 29.1 Å². The summed E-state index contributed by atoms with van der Waals surface area (Å²) in [4.78, 5) is 0. The Bertz CT molecular complexity index is 417. The minimum Gasteiger partial charge on any atom is -0.496 e. The van der Waals surface area contributed by atoms with E-state index in [4.69, 9.17) is 9.47 Å². The van der Waals surface area contributed by atoms with Crippen molar-refractivity contribution in [2.24, 2.45) is 5.92 Å². The SMILES string of the molecule is COCc1ccc(OC)c(CC2CCNCC2)c1F. The molecule has 3 nitrogen and oxygen atoms in total. The van der Waals surface area contributed by atoms with E-state index in [1.54, 1.807) is 20.3 Å². The van der Waals surface area contributed by atoms with Crippen LogP contribution in [0.5, 0.6) is 5.75 Å². The monoisotopic (exact) mass is 267 g/mol. The van der Waals surface area contributed by atoms with Gasteiger partial charge in [0.2, 0.25) is 0 Å². The van der Waals surface area contributed by atoms with E-state index < -0.39 is 0 Å². The van der Waals surface area contributed by atoms with Crippen LogP contribution in [-0.4, -0.2) is 27.3 Å². The van der Waals surface area contributed by atoms with Crippen molar-refractivity contribution < 1.29 is 13.9 Å². The number of halogens is 1. The van der Waals surface area contributed by atoms with Crippen LogP contribution in [0.2, 0.25) is 0 Å². The number of piperidine rings is 1. The van der Waals surface area contributed by atoms with E-state index >= 15 is 0 Å². The van der Waals surface area contributed by atoms with Crippen LogP contribution in [0, 0.1) is 11.7 Å². The summed E-state index contributed by atoms with van der Waals surface area (Å²) in [5.41, 5.74) is 1.30. The van der Waals surface area contributed by atoms with E-state index in [-0.39, 0.29) is 5.82 Å². The molecule has 0 bridgehead atoms. The molecular formula is C15H22FNO2. The highest BCUT2D eigenvalue weighted by molar-refractivity contribution is 5.39. The van der Waals surface area contributed by atoms with Gasteiger partial charge in [0.15, 0.2) is 0 Å². The van der Waals surface area contributed by atoms with Crippen molar-refractivity contribution >= 4 is 0 Å². The third kappa shape index (κ3) is 3.45. The van der Waals surface area contributed by atoms with Crippen molar-refractivity contribution in [1.82, 2.24) is 5.32 Å². The average molecular weight is 267 g/mol. The molecule has 1 aliphatic rings. The fraction of sp³-hybridized carbons (Fsp3) is 0.600. The summed E-state index contributed by atoms with van der Waals surface area (Å²) >= 11 is 0. The number of methoxy groups -OCH3 is 2. The van der Waals surface area contributed by atoms with Gasteiger partial charge in [-0.3, -0.25) is 0 Å². The second-order valence-electron chi connectivity index (χ2n) is 5.05. The first-order valence-corrected chi connectivity index (χ1v) is 6.80. The number of nitrogens with one attached hydrogen (secondary N) is 1. The number of ether oxygens (including phenoxy) is 2. The van der Waals surface area contributed by atoms with Crippen molar-refractivity contribution in [2.75, 3.05) is 27.3 Å². The summed E-state index contributed by atoms with van der Waals surface area (Å²) in [5.74, 6) is 1.01. The topological polar surface area (TPSA) is 30.5 Å². The van der Waals surface area contributed by atoms with Gasteiger partial charge in [0, 0.05) is 18.2 Å². The van der Waals surface area contributed by atoms with Crippen molar-refractivity contribution in [3.8, 4) is 5.75 Å². The lowest BCUT2D eigenvalue weighted by Crippen LogP contribution is -2.29. The number of hydrogen-bond donors (Lipinski definition) is 1. The Morgan fingerprint density at radius 1 is 1.26 bits per heavy atom. The lowest BCUT2D eigenvalue weighted by Gasteiger charge is -2.24. The van der Waals surface area contributed by atoms with Crippen molar-refractivity contribution in [1.29, 1.82) is 0 Å². The molecule has 106 valence electrons. The smallest absolute Gasteiger partial charge is 0.135 e. The molecule has 1 aromatic rings. The number of hydrogen-bond acceptors (Lipinski definition) is 3. The zero-order chi connectivity index (χ0) is 13.7. The zero-order valence-electron chi connectivity index (χ0n) is 11.7. The normalized spacial score (nSPS) is 16.6. The van der Waals surface area contributed by atoms with Crippen LogP contribution in [0.1, 0.15) is 24.0 Å². The van der Waals surface area contributed by atoms with Gasteiger partial charge in [0.05, 0.1) is 13.7 Å². The molecule has 0 spiro atoms. The Hall–Kier alpha value is -1.13. The minimum atomic E-state index is -0.167. The average Bonchev–Trinajstić information content (AvgIpc) is 2.45. The number of rotatable bonds is 5. The van der Waals surface area contributed by atoms with Crippen LogP contribution in [0.25, 0.3) is 0 Å².